The van der Waals surface area contributed by atoms with E-state index >= 15 is 0 Å². The zero-order valence-corrected chi connectivity index (χ0v) is 18.0. The van der Waals surface area contributed by atoms with Crippen LogP contribution in [0.2, 0.25) is 8.87 Å². The Kier molecular flexibility index (Phi) is 25.7. The molecule has 0 aliphatic rings. The molecule has 0 heterocycles. The molecule has 5 heteroatoms. The van der Waals surface area contributed by atoms with Gasteiger partial charge in [-0.15, -0.1) is 0 Å². The molecule has 0 bridgehead atoms. The van der Waals surface area contributed by atoms with Crippen LogP contribution >= 0.6 is 0 Å². The van der Waals surface area contributed by atoms with Gasteiger partial charge in [-0.1, -0.05) is 26.7 Å². The molecule has 0 aliphatic heterocycles. The normalized spacial score (nSPS) is 9.82. The van der Waals surface area contributed by atoms with Gasteiger partial charge in [-0.3, -0.25) is 4.89 Å². The second-order valence-corrected chi connectivity index (χ2v) is 9.45. The van der Waals surface area contributed by atoms with Crippen molar-refractivity contribution in [2.24, 2.45) is 0 Å². The third-order valence-corrected chi connectivity index (χ3v) is 6.88. The first kappa shape index (κ1) is 24.3. The van der Waals surface area contributed by atoms with Crippen molar-refractivity contribution in [1.82, 2.24) is 0 Å². The van der Waals surface area contributed by atoms with Crippen LogP contribution in [0.5, 0.6) is 0 Å². The Morgan fingerprint density at radius 1 is 0.773 bits per heavy atom. The molecule has 0 saturated carbocycles. The Labute approximate surface area is 147 Å². The van der Waals surface area contributed by atoms with Gasteiger partial charge in [0.2, 0.25) is 0 Å². The fourth-order valence-corrected chi connectivity index (χ4v) is 5.50. The molecule has 22 heavy (non-hydrogen) atoms. The van der Waals surface area contributed by atoms with Crippen LogP contribution in [0.15, 0.2) is 0 Å². The van der Waals surface area contributed by atoms with Crippen molar-refractivity contribution in [2.75, 3.05) is 13.2 Å². The minimum atomic E-state index is -0.746. The Hall–Kier alpha value is 0.0287. The van der Waals surface area contributed by atoms with Gasteiger partial charge in [0.1, 0.15) is 0 Å². The van der Waals surface area contributed by atoms with Crippen LogP contribution in [0.4, 0.5) is 4.79 Å². The summed E-state index contributed by atoms with van der Waals surface area (Å²) in [6, 6.07) is 0. The summed E-state index contributed by atoms with van der Waals surface area (Å²) in [6.45, 7) is 9.46. The van der Waals surface area contributed by atoms with E-state index in [1.54, 1.807) is 8.87 Å². The van der Waals surface area contributed by atoms with Crippen LogP contribution in [-0.4, -0.2) is 40.5 Å². The maximum absolute atomic E-state index is 10.7. The average molecular weight is 423 g/mol. The third-order valence-electron chi connectivity index (χ3n) is 2.84. The van der Waals surface area contributed by atoms with E-state index in [1.807, 2.05) is 13.8 Å². The van der Waals surface area contributed by atoms with E-state index < -0.39 is 6.16 Å². The fourth-order valence-electron chi connectivity index (χ4n) is 1.35. The fraction of sp³-hybridized carbons (Fsp3) is 0.941. The second kappa shape index (κ2) is 23.3. The number of hydrogen-bond acceptors (Lipinski definition) is 4. The van der Waals surface area contributed by atoms with Crippen LogP contribution in [0.25, 0.3) is 0 Å². The summed E-state index contributed by atoms with van der Waals surface area (Å²) in [4.78, 5) is 19.6. The van der Waals surface area contributed by atoms with E-state index in [0.29, 0.717) is 13.2 Å². The van der Waals surface area contributed by atoms with Crippen molar-refractivity contribution >= 4 is 27.3 Å². The van der Waals surface area contributed by atoms with Crippen LogP contribution < -0.4 is 0 Å². The summed E-state index contributed by atoms with van der Waals surface area (Å²) >= 11 is 0.149. The number of carbonyl (C=O) groups excluding carboxylic acids is 1. The minimum absolute atomic E-state index is 0.149. The van der Waals surface area contributed by atoms with Gasteiger partial charge in [-0.25, -0.2) is 4.79 Å². The van der Waals surface area contributed by atoms with Gasteiger partial charge in [0.25, 0.3) is 0 Å². The van der Waals surface area contributed by atoms with Crippen LogP contribution in [0, 0.1) is 0 Å². The van der Waals surface area contributed by atoms with Gasteiger partial charge in [0, 0.05) is 0 Å². The van der Waals surface area contributed by atoms with E-state index in [0.717, 1.165) is 25.7 Å². The van der Waals surface area contributed by atoms with Crippen molar-refractivity contribution in [3.05, 3.63) is 0 Å². The Morgan fingerprint density at radius 3 is 1.77 bits per heavy atom. The molecule has 0 atom stereocenters. The van der Waals surface area contributed by atoms with E-state index in [-0.39, 0.29) is 21.1 Å². The first-order valence-electron chi connectivity index (χ1n) is 8.89. The zero-order valence-electron chi connectivity index (χ0n) is 15.1. The third kappa shape index (κ3) is 25.0. The topological polar surface area (TPSA) is 44.8 Å². The van der Waals surface area contributed by atoms with Gasteiger partial charge >= 0.3 is 75.7 Å². The first-order valence-corrected chi connectivity index (χ1v) is 12.9. The van der Waals surface area contributed by atoms with E-state index in [4.69, 9.17) is 0 Å². The van der Waals surface area contributed by atoms with Gasteiger partial charge in [0.15, 0.2) is 0 Å². The van der Waals surface area contributed by atoms with Crippen molar-refractivity contribution in [3.63, 3.8) is 0 Å². The molecule has 132 valence electrons. The summed E-state index contributed by atoms with van der Waals surface area (Å²) < 4.78 is 7.93. The predicted octanol–water partition coefficient (Wildman–Crippen LogP) is 5.80. The average Bonchev–Trinajstić information content (AvgIpc) is 2.52. The number of ether oxygens (including phenoxy) is 1. The van der Waals surface area contributed by atoms with Crippen LogP contribution in [0.1, 0.15) is 79.1 Å². The zero-order chi connectivity index (χ0) is 16.9. The van der Waals surface area contributed by atoms with Crippen LogP contribution in [0.3, 0.4) is 0 Å². The molecular formula is C17H36O4Sn. The second-order valence-electron chi connectivity index (χ2n) is 5.17. The molecule has 0 unspecified atom stereocenters. The molecule has 4 nitrogen and oxygen atoms in total. The Balaban J connectivity index is 0. The van der Waals surface area contributed by atoms with Crippen molar-refractivity contribution in [3.8, 4) is 0 Å². The maximum atomic E-state index is 10.7. The SMILES string of the molecule is CCCCOOC(=O)OCCCC.CCC[CH2][Sn][CH2]CCC. The molecular weight excluding hydrogens is 387 g/mol. The van der Waals surface area contributed by atoms with Gasteiger partial charge in [-0.2, -0.15) is 4.89 Å². The monoisotopic (exact) mass is 424 g/mol. The van der Waals surface area contributed by atoms with E-state index in [1.165, 1.54) is 25.7 Å². The standard InChI is InChI=1S/C9H18O4.2C4H9.Sn/c1-3-5-7-11-9(10)13-12-8-6-4-2;2*1-3-4-2;/h3-8H2,1-2H3;2*1,3-4H2,2H3;. The molecule has 0 N–H and O–H groups in total. The van der Waals surface area contributed by atoms with Crippen molar-refractivity contribution < 1.29 is 19.3 Å². The van der Waals surface area contributed by atoms with E-state index in [9.17, 15) is 4.79 Å². The van der Waals surface area contributed by atoms with E-state index in [2.05, 4.69) is 28.4 Å². The van der Waals surface area contributed by atoms with Crippen LogP contribution in [-0.2, 0) is 14.5 Å². The molecule has 0 aromatic heterocycles. The first-order chi connectivity index (χ1) is 10.7. The van der Waals surface area contributed by atoms with Gasteiger partial charge in [-0.05, 0) is 12.8 Å². The van der Waals surface area contributed by atoms with Crippen molar-refractivity contribution in [1.29, 1.82) is 0 Å². The number of rotatable bonds is 13. The quantitative estimate of drug-likeness (QED) is 0.124. The summed E-state index contributed by atoms with van der Waals surface area (Å²) in [5.41, 5.74) is 0. The molecule has 0 rings (SSSR count). The van der Waals surface area contributed by atoms with Gasteiger partial charge < -0.3 is 4.74 Å². The molecule has 0 aromatic carbocycles. The molecule has 0 amide bonds. The summed E-state index contributed by atoms with van der Waals surface area (Å²) in [5, 5.41) is 0. The Morgan fingerprint density at radius 2 is 1.27 bits per heavy atom. The Bertz CT molecular complexity index is 207. The number of carbonyl (C=O) groups is 1. The molecule has 0 aromatic rings. The summed E-state index contributed by atoms with van der Waals surface area (Å²) in [6.07, 6.45) is 8.82. The molecule has 0 fully saturated rings. The predicted molar refractivity (Wildman–Crippen MR) is 93.4 cm³/mol. The number of unbranched alkanes of at least 4 members (excludes halogenated alkanes) is 4. The summed E-state index contributed by atoms with van der Waals surface area (Å²) in [5.74, 6) is 0. The molecule has 0 spiro atoms. The molecule has 2 radical (unpaired) electrons. The number of hydrogen-bond donors (Lipinski definition) is 0. The van der Waals surface area contributed by atoms with Gasteiger partial charge in [0.05, 0.1) is 13.2 Å². The molecule has 0 saturated heterocycles. The summed E-state index contributed by atoms with van der Waals surface area (Å²) in [7, 11) is 0. The van der Waals surface area contributed by atoms with Crippen molar-refractivity contribution in [2.45, 2.75) is 87.9 Å². The molecule has 0 aliphatic carbocycles.